The van der Waals surface area contributed by atoms with Crippen LogP contribution in [0.25, 0.3) is 5.82 Å². The van der Waals surface area contributed by atoms with Gasteiger partial charge in [0.25, 0.3) is 0 Å². The van der Waals surface area contributed by atoms with Crippen LogP contribution in [-0.4, -0.2) is 14.8 Å². The van der Waals surface area contributed by atoms with E-state index in [-0.39, 0.29) is 0 Å². The molecule has 0 saturated carbocycles. The molecule has 3 aromatic rings. The number of nitrogens with zero attached hydrogens (tertiary/aromatic N) is 4. The summed E-state index contributed by atoms with van der Waals surface area (Å²) in [5, 5.41) is 13.2. The van der Waals surface area contributed by atoms with E-state index in [1.54, 1.807) is 35.3 Å². The summed E-state index contributed by atoms with van der Waals surface area (Å²) < 4.78 is 8.38. The number of hydrogen-bond donors (Lipinski definition) is 0. The fourth-order valence-corrected chi connectivity index (χ4v) is 2.41. The van der Waals surface area contributed by atoms with Crippen molar-refractivity contribution >= 4 is 15.9 Å². The molecular formula is C18H17BrN4O. The minimum absolute atomic E-state index is 0.420. The third kappa shape index (κ3) is 4.43. The number of aromatic nitrogens is 3. The van der Waals surface area contributed by atoms with Crippen molar-refractivity contribution in [2.24, 2.45) is 0 Å². The average molecular weight is 385 g/mol. The molecule has 0 radical (unpaired) electrons. The number of nitriles is 1. The molecule has 0 unspecified atom stereocenters. The van der Waals surface area contributed by atoms with Crippen LogP contribution in [0.3, 0.4) is 0 Å². The Hall–Kier alpha value is -2.65. The Labute approximate surface area is 149 Å². The van der Waals surface area contributed by atoms with Crippen molar-refractivity contribution in [2.45, 2.75) is 20.5 Å². The lowest BCUT2D eigenvalue weighted by atomic mass is 10.2. The smallest absolute Gasteiger partial charge is 0.218 e. The summed E-state index contributed by atoms with van der Waals surface area (Å²) in [6, 6.07) is 15.1. The Morgan fingerprint density at radius 2 is 2.00 bits per heavy atom. The molecule has 5 nitrogen and oxygen atoms in total. The number of halogens is 1. The molecule has 2 aromatic heterocycles. The van der Waals surface area contributed by atoms with Gasteiger partial charge in [-0.05, 0) is 23.8 Å². The second-order valence-electron chi connectivity index (χ2n) is 4.51. The Kier molecular flexibility index (Phi) is 6.52. The lowest BCUT2D eigenvalue weighted by molar-refractivity contribution is 0.284. The zero-order valence-electron chi connectivity index (χ0n) is 13.5. The molecule has 0 spiro atoms. The normalized spacial score (nSPS) is 9.58. The SMILES string of the molecule is CC.N#Cc1ccnc(-n2nccc2OCc2cccc(Br)c2)c1. The van der Waals surface area contributed by atoms with Gasteiger partial charge in [0.1, 0.15) is 6.61 Å². The van der Waals surface area contributed by atoms with Crippen LogP contribution in [0, 0.1) is 11.3 Å². The van der Waals surface area contributed by atoms with Crippen LogP contribution in [0.1, 0.15) is 25.0 Å². The molecule has 0 aliphatic heterocycles. The first-order valence-electron chi connectivity index (χ1n) is 7.54. The van der Waals surface area contributed by atoms with E-state index in [9.17, 15) is 0 Å². The molecule has 0 saturated heterocycles. The number of benzene rings is 1. The first-order valence-corrected chi connectivity index (χ1v) is 8.33. The highest BCUT2D eigenvalue weighted by atomic mass is 79.9. The van der Waals surface area contributed by atoms with Crippen LogP contribution in [0.15, 0.2) is 59.3 Å². The van der Waals surface area contributed by atoms with Crippen LogP contribution < -0.4 is 4.74 Å². The van der Waals surface area contributed by atoms with Crippen molar-refractivity contribution < 1.29 is 4.74 Å². The molecule has 2 heterocycles. The van der Waals surface area contributed by atoms with Gasteiger partial charge < -0.3 is 4.74 Å². The highest BCUT2D eigenvalue weighted by Gasteiger charge is 2.08. The standard InChI is InChI=1S/C16H11BrN4O.C2H6/c17-14-3-1-2-13(8-14)11-22-16-5-7-20-21(16)15-9-12(10-18)4-6-19-15;1-2/h1-9H,11H2;1-2H3. The van der Waals surface area contributed by atoms with Crippen LogP contribution in [0.4, 0.5) is 0 Å². The number of hydrogen-bond acceptors (Lipinski definition) is 4. The minimum Gasteiger partial charge on any atom is -0.473 e. The van der Waals surface area contributed by atoms with Gasteiger partial charge in [-0.15, -0.1) is 0 Å². The van der Waals surface area contributed by atoms with Crippen molar-refractivity contribution in [3.63, 3.8) is 0 Å². The van der Waals surface area contributed by atoms with Gasteiger partial charge in [-0.25, -0.2) is 4.98 Å². The molecule has 0 fully saturated rings. The van der Waals surface area contributed by atoms with Gasteiger partial charge in [0.2, 0.25) is 5.88 Å². The molecule has 0 bridgehead atoms. The van der Waals surface area contributed by atoms with E-state index in [1.165, 1.54) is 0 Å². The maximum Gasteiger partial charge on any atom is 0.218 e. The fraction of sp³-hybridized carbons (Fsp3) is 0.167. The molecule has 3 rings (SSSR count). The summed E-state index contributed by atoms with van der Waals surface area (Å²) in [6.45, 7) is 4.42. The fourth-order valence-electron chi connectivity index (χ4n) is 1.96. The van der Waals surface area contributed by atoms with Crippen molar-refractivity contribution in [1.82, 2.24) is 14.8 Å². The summed E-state index contributed by atoms with van der Waals surface area (Å²) in [4.78, 5) is 4.22. The third-order valence-corrected chi connectivity index (χ3v) is 3.47. The Balaban J connectivity index is 0.00000100. The number of pyridine rings is 1. The van der Waals surface area contributed by atoms with E-state index in [0.717, 1.165) is 10.0 Å². The first kappa shape index (κ1) is 17.7. The van der Waals surface area contributed by atoms with Gasteiger partial charge in [-0.3, -0.25) is 0 Å². The quantitative estimate of drug-likeness (QED) is 0.663. The van der Waals surface area contributed by atoms with E-state index < -0.39 is 0 Å². The van der Waals surface area contributed by atoms with Gasteiger partial charge in [0.15, 0.2) is 5.82 Å². The van der Waals surface area contributed by atoms with Crippen LogP contribution in [0.2, 0.25) is 0 Å². The van der Waals surface area contributed by atoms with E-state index in [2.05, 4.69) is 32.1 Å². The molecular weight excluding hydrogens is 368 g/mol. The zero-order chi connectivity index (χ0) is 17.4. The predicted molar refractivity (Wildman–Crippen MR) is 95.9 cm³/mol. The molecule has 24 heavy (non-hydrogen) atoms. The summed E-state index contributed by atoms with van der Waals surface area (Å²) in [5.74, 6) is 1.12. The first-order chi connectivity index (χ1) is 11.8. The van der Waals surface area contributed by atoms with Gasteiger partial charge in [0.05, 0.1) is 17.8 Å². The van der Waals surface area contributed by atoms with Crippen LogP contribution >= 0.6 is 15.9 Å². The summed E-state index contributed by atoms with van der Waals surface area (Å²) in [7, 11) is 0. The van der Waals surface area contributed by atoms with E-state index in [1.807, 2.05) is 38.1 Å². The summed E-state index contributed by atoms with van der Waals surface area (Å²) in [5.41, 5.74) is 1.57. The maximum absolute atomic E-state index is 8.96. The Morgan fingerprint density at radius 3 is 2.75 bits per heavy atom. The van der Waals surface area contributed by atoms with Gasteiger partial charge in [-0.1, -0.05) is 41.9 Å². The summed E-state index contributed by atoms with van der Waals surface area (Å²) in [6.07, 6.45) is 3.21. The topological polar surface area (TPSA) is 63.7 Å². The number of rotatable bonds is 4. The zero-order valence-corrected chi connectivity index (χ0v) is 15.1. The van der Waals surface area contributed by atoms with E-state index >= 15 is 0 Å². The van der Waals surface area contributed by atoms with Crippen molar-refractivity contribution in [2.75, 3.05) is 0 Å². The largest absolute Gasteiger partial charge is 0.473 e. The molecule has 0 aliphatic carbocycles. The van der Waals surface area contributed by atoms with Crippen molar-refractivity contribution in [1.29, 1.82) is 5.26 Å². The average Bonchev–Trinajstić information content (AvgIpc) is 3.10. The van der Waals surface area contributed by atoms with Gasteiger partial charge in [-0.2, -0.15) is 15.0 Å². The molecule has 0 amide bonds. The second-order valence-corrected chi connectivity index (χ2v) is 5.43. The minimum atomic E-state index is 0.420. The third-order valence-electron chi connectivity index (χ3n) is 2.98. The van der Waals surface area contributed by atoms with Gasteiger partial charge >= 0.3 is 0 Å². The molecule has 0 aliphatic rings. The van der Waals surface area contributed by atoms with E-state index in [0.29, 0.717) is 23.9 Å². The highest BCUT2D eigenvalue weighted by molar-refractivity contribution is 9.10. The van der Waals surface area contributed by atoms with Crippen LogP contribution in [0.5, 0.6) is 5.88 Å². The second kappa shape index (κ2) is 8.85. The predicted octanol–water partition coefficient (Wildman–Crippen LogP) is 4.51. The molecule has 6 heteroatoms. The van der Waals surface area contributed by atoms with E-state index in [4.69, 9.17) is 10.00 Å². The lowest BCUT2D eigenvalue weighted by Crippen LogP contribution is -2.05. The van der Waals surface area contributed by atoms with Gasteiger partial charge in [0, 0.05) is 22.8 Å². The Bertz CT molecular complexity index is 839. The Morgan fingerprint density at radius 1 is 1.17 bits per heavy atom. The lowest BCUT2D eigenvalue weighted by Gasteiger charge is -2.09. The maximum atomic E-state index is 8.96. The van der Waals surface area contributed by atoms with Crippen molar-refractivity contribution in [3.8, 4) is 17.8 Å². The molecule has 0 N–H and O–H groups in total. The molecule has 0 atom stereocenters. The van der Waals surface area contributed by atoms with Crippen LogP contribution in [-0.2, 0) is 6.61 Å². The molecule has 122 valence electrons. The highest BCUT2D eigenvalue weighted by Crippen LogP contribution is 2.18. The number of ether oxygens (including phenoxy) is 1. The monoisotopic (exact) mass is 384 g/mol. The van der Waals surface area contributed by atoms with Crippen molar-refractivity contribution in [3.05, 3.63) is 70.5 Å². The molecule has 1 aromatic carbocycles. The summed E-state index contributed by atoms with van der Waals surface area (Å²) >= 11 is 3.43.